The van der Waals surface area contributed by atoms with Crippen molar-refractivity contribution in [3.8, 4) is 0 Å². The predicted octanol–water partition coefficient (Wildman–Crippen LogP) is 2.71. The molecular weight excluding hydrogens is 148 g/mol. The molecule has 0 aliphatic carbocycles. The Bertz CT molecular complexity index is 192. The summed E-state index contributed by atoms with van der Waals surface area (Å²) in [5.41, 5.74) is 0. The van der Waals surface area contributed by atoms with Crippen LogP contribution in [-0.4, -0.2) is 9.78 Å². The smallest absolute Gasteiger partial charge is 0.0489 e. The highest BCUT2D eigenvalue weighted by molar-refractivity contribution is 4.77. The highest BCUT2D eigenvalue weighted by Crippen LogP contribution is 2.10. The van der Waals surface area contributed by atoms with Gasteiger partial charge in [0.25, 0.3) is 0 Å². The summed E-state index contributed by atoms with van der Waals surface area (Å²) in [5, 5.41) is 4.16. The van der Waals surface area contributed by atoms with Crippen LogP contribution in [0.2, 0.25) is 0 Å². The maximum Gasteiger partial charge on any atom is 0.0489 e. The largest absolute Gasteiger partial charge is 0.273 e. The summed E-state index contributed by atoms with van der Waals surface area (Å²) in [7, 11) is 0. The lowest BCUT2D eigenvalue weighted by molar-refractivity contribution is 0.431. The molecule has 1 heterocycles. The fraction of sp³-hybridized carbons (Fsp3) is 0.700. The van der Waals surface area contributed by atoms with E-state index < -0.39 is 0 Å². The lowest BCUT2D eigenvalue weighted by Gasteiger charge is -2.08. The van der Waals surface area contributed by atoms with Crippen molar-refractivity contribution in [1.29, 1.82) is 0 Å². The summed E-state index contributed by atoms with van der Waals surface area (Å²) < 4.78 is 2.01. The first kappa shape index (κ1) is 9.30. The lowest BCUT2D eigenvalue weighted by Crippen LogP contribution is -2.03. The van der Waals surface area contributed by atoms with Crippen molar-refractivity contribution in [2.45, 2.75) is 39.7 Å². The molecule has 1 aromatic heterocycles. The van der Waals surface area contributed by atoms with Gasteiger partial charge in [0.05, 0.1) is 0 Å². The van der Waals surface area contributed by atoms with E-state index in [4.69, 9.17) is 0 Å². The van der Waals surface area contributed by atoms with Crippen LogP contribution in [0, 0.1) is 5.92 Å². The summed E-state index contributed by atoms with van der Waals surface area (Å²) in [6.45, 7) is 5.62. The van der Waals surface area contributed by atoms with E-state index >= 15 is 0 Å². The first-order valence-corrected chi connectivity index (χ1v) is 4.80. The van der Waals surface area contributed by atoms with Gasteiger partial charge in [0.1, 0.15) is 0 Å². The van der Waals surface area contributed by atoms with Gasteiger partial charge in [0.15, 0.2) is 0 Å². The fourth-order valence-electron chi connectivity index (χ4n) is 1.42. The molecule has 0 spiro atoms. The van der Waals surface area contributed by atoms with Gasteiger partial charge < -0.3 is 0 Å². The molecule has 2 heteroatoms. The zero-order valence-corrected chi connectivity index (χ0v) is 8.03. The van der Waals surface area contributed by atoms with E-state index in [0.717, 1.165) is 12.5 Å². The number of hydrogen-bond acceptors (Lipinski definition) is 1. The van der Waals surface area contributed by atoms with Gasteiger partial charge in [-0.3, -0.25) is 4.68 Å². The third-order valence-electron chi connectivity index (χ3n) is 2.19. The van der Waals surface area contributed by atoms with Crippen LogP contribution in [-0.2, 0) is 6.54 Å². The molecule has 1 unspecified atom stereocenters. The number of aryl methyl sites for hydroxylation is 1. The van der Waals surface area contributed by atoms with Gasteiger partial charge >= 0.3 is 0 Å². The molecule has 0 saturated heterocycles. The predicted molar refractivity (Wildman–Crippen MR) is 50.9 cm³/mol. The third-order valence-corrected chi connectivity index (χ3v) is 2.19. The molecule has 0 fully saturated rings. The summed E-state index contributed by atoms with van der Waals surface area (Å²) in [5.74, 6) is 0.833. The molecule has 0 radical (unpaired) electrons. The van der Waals surface area contributed by atoms with Crippen LogP contribution in [0.5, 0.6) is 0 Å². The molecule has 0 aliphatic rings. The number of hydrogen-bond donors (Lipinski definition) is 0. The number of aromatic nitrogens is 2. The Morgan fingerprint density at radius 1 is 1.42 bits per heavy atom. The molecule has 0 saturated carbocycles. The number of rotatable bonds is 5. The average Bonchev–Trinajstić information content (AvgIpc) is 2.53. The van der Waals surface area contributed by atoms with E-state index in [0.29, 0.717) is 0 Å². The molecule has 1 atom stereocenters. The SMILES string of the molecule is CCCC(C)CCn1cccn1. The Hall–Kier alpha value is -0.790. The maximum atomic E-state index is 4.16. The molecule has 0 N–H and O–H groups in total. The van der Waals surface area contributed by atoms with Gasteiger partial charge in [-0.15, -0.1) is 0 Å². The van der Waals surface area contributed by atoms with Crippen molar-refractivity contribution in [3.05, 3.63) is 18.5 Å². The second-order valence-corrected chi connectivity index (χ2v) is 3.45. The Morgan fingerprint density at radius 3 is 2.83 bits per heavy atom. The topological polar surface area (TPSA) is 17.8 Å². The van der Waals surface area contributed by atoms with Gasteiger partial charge in [0.2, 0.25) is 0 Å². The minimum Gasteiger partial charge on any atom is -0.273 e. The fourth-order valence-corrected chi connectivity index (χ4v) is 1.42. The van der Waals surface area contributed by atoms with E-state index in [1.165, 1.54) is 19.3 Å². The van der Waals surface area contributed by atoms with Crippen LogP contribution in [0.3, 0.4) is 0 Å². The van der Waals surface area contributed by atoms with Crippen molar-refractivity contribution in [2.75, 3.05) is 0 Å². The van der Waals surface area contributed by atoms with Gasteiger partial charge in [-0.2, -0.15) is 5.10 Å². The first-order valence-electron chi connectivity index (χ1n) is 4.80. The van der Waals surface area contributed by atoms with Crippen molar-refractivity contribution in [2.24, 2.45) is 5.92 Å². The molecule has 68 valence electrons. The standard InChI is InChI=1S/C10H18N2/c1-3-5-10(2)6-9-12-8-4-7-11-12/h4,7-8,10H,3,5-6,9H2,1-2H3. The molecule has 0 aromatic carbocycles. The van der Waals surface area contributed by atoms with Crippen molar-refractivity contribution in [1.82, 2.24) is 9.78 Å². The third kappa shape index (κ3) is 3.07. The summed E-state index contributed by atoms with van der Waals surface area (Å²) in [6, 6.07) is 1.98. The van der Waals surface area contributed by atoms with Crippen molar-refractivity contribution in [3.63, 3.8) is 0 Å². The van der Waals surface area contributed by atoms with E-state index in [1.807, 2.05) is 23.1 Å². The minimum absolute atomic E-state index is 0.833. The van der Waals surface area contributed by atoms with Crippen LogP contribution in [0.25, 0.3) is 0 Å². The van der Waals surface area contributed by atoms with Gasteiger partial charge in [-0.1, -0.05) is 26.7 Å². The summed E-state index contributed by atoms with van der Waals surface area (Å²) >= 11 is 0. The zero-order valence-electron chi connectivity index (χ0n) is 8.03. The van der Waals surface area contributed by atoms with E-state index in [-0.39, 0.29) is 0 Å². The van der Waals surface area contributed by atoms with Crippen LogP contribution in [0.4, 0.5) is 0 Å². The maximum absolute atomic E-state index is 4.16. The van der Waals surface area contributed by atoms with Gasteiger partial charge in [0, 0.05) is 18.9 Å². The van der Waals surface area contributed by atoms with Crippen LogP contribution in [0.15, 0.2) is 18.5 Å². The van der Waals surface area contributed by atoms with Gasteiger partial charge in [-0.25, -0.2) is 0 Å². The monoisotopic (exact) mass is 166 g/mol. The van der Waals surface area contributed by atoms with Crippen molar-refractivity contribution >= 4 is 0 Å². The molecule has 2 nitrogen and oxygen atoms in total. The molecule has 12 heavy (non-hydrogen) atoms. The minimum atomic E-state index is 0.833. The van der Waals surface area contributed by atoms with Crippen LogP contribution in [0.1, 0.15) is 33.1 Å². The second-order valence-electron chi connectivity index (χ2n) is 3.45. The normalized spacial score (nSPS) is 13.2. The van der Waals surface area contributed by atoms with Gasteiger partial charge in [-0.05, 0) is 18.4 Å². The van der Waals surface area contributed by atoms with E-state index in [9.17, 15) is 0 Å². The number of nitrogens with zero attached hydrogens (tertiary/aromatic N) is 2. The molecule has 0 amide bonds. The molecule has 1 rings (SSSR count). The highest BCUT2D eigenvalue weighted by atomic mass is 15.3. The Kier molecular flexibility index (Phi) is 3.85. The first-order chi connectivity index (χ1) is 5.83. The molecule has 0 bridgehead atoms. The Morgan fingerprint density at radius 2 is 2.25 bits per heavy atom. The van der Waals surface area contributed by atoms with Crippen molar-refractivity contribution < 1.29 is 0 Å². The summed E-state index contributed by atoms with van der Waals surface area (Å²) in [4.78, 5) is 0. The van der Waals surface area contributed by atoms with E-state index in [2.05, 4.69) is 18.9 Å². The lowest BCUT2D eigenvalue weighted by atomic mass is 10.0. The van der Waals surface area contributed by atoms with E-state index in [1.54, 1.807) is 0 Å². The Labute approximate surface area is 74.6 Å². The quantitative estimate of drug-likeness (QED) is 0.657. The van der Waals surface area contributed by atoms with Crippen LogP contribution < -0.4 is 0 Å². The molecule has 1 aromatic rings. The highest BCUT2D eigenvalue weighted by Gasteiger charge is 2.00. The molecular formula is C10H18N2. The summed E-state index contributed by atoms with van der Waals surface area (Å²) in [6.07, 6.45) is 7.74. The second kappa shape index (κ2) is 4.96. The Balaban J connectivity index is 2.17. The zero-order chi connectivity index (χ0) is 8.81. The van der Waals surface area contributed by atoms with Crippen LogP contribution >= 0.6 is 0 Å². The molecule has 0 aliphatic heterocycles. The average molecular weight is 166 g/mol.